The highest BCUT2D eigenvalue weighted by atomic mass is 79.9. The molecule has 0 radical (unpaired) electrons. The largest absolute Gasteiger partial charge is 0.507 e. The summed E-state index contributed by atoms with van der Waals surface area (Å²) in [5.41, 5.74) is 2.21. The molecule has 0 fully saturated rings. The van der Waals surface area contributed by atoms with Crippen molar-refractivity contribution in [2.75, 3.05) is 6.54 Å². The van der Waals surface area contributed by atoms with Crippen molar-refractivity contribution in [3.05, 3.63) is 57.2 Å². The zero-order valence-electron chi connectivity index (χ0n) is 13.4. The maximum Gasteiger partial charge on any atom is 0.255 e. The number of H-pyrrole nitrogens is 1. The first-order chi connectivity index (χ1) is 12.1. The van der Waals surface area contributed by atoms with Crippen molar-refractivity contribution in [1.29, 1.82) is 0 Å². The Morgan fingerprint density at radius 3 is 2.88 bits per heavy atom. The van der Waals surface area contributed by atoms with Crippen molar-refractivity contribution in [3.63, 3.8) is 0 Å². The third kappa shape index (κ3) is 4.14. The number of aromatic amines is 1. The Kier molecular flexibility index (Phi) is 5.60. The molecular formula is C18H17BrClN3O2. The van der Waals surface area contributed by atoms with E-state index in [1.807, 2.05) is 12.1 Å². The first-order valence-corrected chi connectivity index (χ1v) is 9.11. The van der Waals surface area contributed by atoms with Crippen molar-refractivity contribution in [2.24, 2.45) is 0 Å². The van der Waals surface area contributed by atoms with Crippen LogP contribution in [-0.4, -0.2) is 27.8 Å². The van der Waals surface area contributed by atoms with E-state index in [1.54, 1.807) is 18.2 Å². The molecule has 7 heteroatoms. The summed E-state index contributed by atoms with van der Waals surface area (Å²) >= 11 is 9.55. The summed E-state index contributed by atoms with van der Waals surface area (Å²) in [7, 11) is 0. The fraction of sp³-hybridized carbons (Fsp3) is 0.222. The van der Waals surface area contributed by atoms with Gasteiger partial charge in [0, 0.05) is 16.4 Å². The summed E-state index contributed by atoms with van der Waals surface area (Å²) in [6.07, 6.45) is 2.50. The standard InChI is InChI=1S/C18H17BrClN3O2/c19-13-10-16-12(9-14(13)20)15(22-23-16)6-3-4-8-21-18(25)11-5-1-2-7-17(11)24/h1-2,5,7,9-10,24H,3-4,6,8H2,(H,21,25)(H,22,23). The van der Waals surface area contributed by atoms with Gasteiger partial charge in [-0.2, -0.15) is 5.10 Å². The minimum atomic E-state index is -0.264. The SMILES string of the molecule is O=C(NCCCCc1n[nH]c2cc(Br)c(Cl)cc12)c1ccccc1O. The summed E-state index contributed by atoms with van der Waals surface area (Å²) in [4.78, 5) is 12.0. The van der Waals surface area contributed by atoms with Crippen LogP contribution in [0.1, 0.15) is 28.9 Å². The average Bonchev–Trinajstić information content (AvgIpc) is 2.97. The second-order valence-electron chi connectivity index (χ2n) is 5.71. The number of hydrogen-bond acceptors (Lipinski definition) is 3. The van der Waals surface area contributed by atoms with Gasteiger partial charge in [-0.1, -0.05) is 23.7 Å². The van der Waals surface area contributed by atoms with E-state index < -0.39 is 0 Å². The molecule has 0 aliphatic heterocycles. The van der Waals surface area contributed by atoms with Crippen LogP contribution in [0.25, 0.3) is 10.9 Å². The third-order valence-corrected chi connectivity index (χ3v) is 5.15. The van der Waals surface area contributed by atoms with Crippen molar-refractivity contribution in [3.8, 4) is 5.75 Å². The number of aromatic hydroxyl groups is 1. The van der Waals surface area contributed by atoms with Gasteiger partial charge < -0.3 is 10.4 Å². The molecule has 3 N–H and O–H groups in total. The Bertz CT molecular complexity index is 910. The smallest absolute Gasteiger partial charge is 0.255 e. The van der Waals surface area contributed by atoms with Gasteiger partial charge in [0.25, 0.3) is 5.91 Å². The molecule has 2 aromatic carbocycles. The third-order valence-electron chi connectivity index (χ3n) is 3.96. The number of hydrogen-bond donors (Lipinski definition) is 3. The number of nitrogens with one attached hydrogen (secondary N) is 2. The summed E-state index contributed by atoms with van der Waals surface area (Å²) in [6.45, 7) is 0.543. The summed E-state index contributed by atoms with van der Waals surface area (Å²) in [5.74, 6) is -0.272. The zero-order valence-corrected chi connectivity index (χ0v) is 15.7. The lowest BCUT2D eigenvalue weighted by molar-refractivity contribution is 0.0950. The average molecular weight is 423 g/mol. The quantitative estimate of drug-likeness (QED) is 0.514. The van der Waals surface area contributed by atoms with Crippen molar-refractivity contribution in [1.82, 2.24) is 15.5 Å². The number of amides is 1. The number of para-hydroxylation sites is 1. The molecular weight excluding hydrogens is 406 g/mol. The molecule has 0 aliphatic rings. The topological polar surface area (TPSA) is 78.0 Å². The first-order valence-electron chi connectivity index (χ1n) is 7.94. The second-order valence-corrected chi connectivity index (χ2v) is 6.97. The fourth-order valence-corrected chi connectivity index (χ4v) is 3.14. The molecule has 130 valence electrons. The number of unbranched alkanes of at least 4 members (excludes halogenated alkanes) is 1. The summed E-state index contributed by atoms with van der Waals surface area (Å²) < 4.78 is 0.837. The Morgan fingerprint density at radius 2 is 2.08 bits per heavy atom. The van der Waals surface area contributed by atoms with Crippen LogP contribution in [0.3, 0.4) is 0 Å². The number of carbonyl (C=O) groups is 1. The van der Waals surface area contributed by atoms with Gasteiger partial charge in [0.05, 0.1) is 21.8 Å². The van der Waals surface area contributed by atoms with Crippen LogP contribution in [0, 0.1) is 0 Å². The van der Waals surface area contributed by atoms with Gasteiger partial charge in [-0.25, -0.2) is 0 Å². The molecule has 0 unspecified atom stereocenters. The molecule has 0 atom stereocenters. The molecule has 1 amide bonds. The second kappa shape index (κ2) is 7.89. The van der Waals surface area contributed by atoms with Crippen LogP contribution in [0.2, 0.25) is 5.02 Å². The Morgan fingerprint density at radius 1 is 1.28 bits per heavy atom. The monoisotopic (exact) mass is 421 g/mol. The van der Waals surface area contributed by atoms with Gasteiger partial charge in [-0.05, 0) is 59.5 Å². The van der Waals surface area contributed by atoms with Crippen LogP contribution >= 0.6 is 27.5 Å². The van der Waals surface area contributed by atoms with Gasteiger partial charge in [0.15, 0.2) is 0 Å². The van der Waals surface area contributed by atoms with Gasteiger partial charge in [0.2, 0.25) is 0 Å². The van der Waals surface area contributed by atoms with Crippen molar-refractivity contribution >= 4 is 44.3 Å². The van der Waals surface area contributed by atoms with E-state index in [9.17, 15) is 9.90 Å². The number of phenols is 1. The van der Waals surface area contributed by atoms with E-state index in [0.29, 0.717) is 17.1 Å². The molecule has 1 aromatic heterocycles. The van der Waals surface area contributed by atoms with E-state index >= 15 is 0 Å². The fourth-order valence-electron chi connectivity index (χ4n) is 2.64. The molecule has 5 nitrogen and oxygen atoms in total. The minimum absolute atomic E-state index is 0.00830. The number of aryl methyl sites for hydroxylation is 1. The Hall–Kier alpha value is -2.05. The normalized spacial score (nSPS) is 11.0. The Balaban J connectivity index is 1.50. The molecule has 0 saturated carbocycles. The van der Waals surface area contributed by atoms with Crippen LogP contribution in [0.5, 0.6) is 5.75 Å². The highest BCUT2D eigenvalue weighted by molar-refractivity contribution is 9.10. The molecule has 0 aliphatic carbocycles. The highest BCUT2D eigenvalue weighted by Crippen LogP contribution is 2.29. The first kappa shape index (κ1) is 17.8. The van der Waals surface area contributed by atoms with Gasteiger partial charge in [0.1, 0.15) is 5.75 Å². The van der Waals surface area contributed by atoms with E-state index in [0.717, 1.165) is 40.3 Å². The van der Waals surface area contributed by atoms with Crippen molar-refractivity contribution in [2.45, 2.75) is 19.3 Å². The van der Waals surface area contributed by atoms with Crippen LogP contribution in [0.15, 0.2) is 40.9 Å². The Labute approximate surface area is 158 Å². The molecule has 3 rings (SSSR count). The zero-order chi connectivity index (χ0) is 17.8. The molecule has 0 saturated heterocycles. The van der Waals surface area contributed by atoms with Crippen LogP contribution in [0.4, 0.5) is 0 Å². The van der Waals surface area contributed by atoms with Crippen LogP contribution in [-0.2, 0) is 6.42 Å². The lowest BCUT2D eigenvalue weighted by Gasteiger charge is -2.06. The minimum Gasteiger partial charge on any atom is -0.507 e. The number of aromatic nitrogens is 2. The van der Waals surface area contributed by atoms with E-state index in [2.05, 4.69) is 31.4 Å². The highest BCUT2D eigenvalue weighted by Gasteiger charge is 2.10. The number of fused-ring (bicyclic) bond motifs is 1. The van der Waals surface area contributed by atoms with Gasteiger partial charge in [-0.15, -0.1) is 0 Å². The molecule has 0 spiro atoms. The summed E-state index contributed by atoms with van der Waals surface area (Å²) in [6, 6.07) is 10.3. The predicted octanol–water partition coefficient (Wildman–Crippen LogP) is 4.44. The van der Waals surface area contributed by atoms with E-state index in [-0.39, 0.29) is 11.7 Å². The molecule has 0 bridgehead atoms. The molecule has 3 aromatic rings. The number of phenolic OH excluding ortho intramolecular Hbond substituents is 1. The van der Waals surface area contributed by atoms with Crippen LogP contribution < -0.4 is 5.32 Å². The number of carbonyl (C=O) groups excluding carboxylic acids is 1. The lowest BCUT2D eigenvalue weighted by Crippen LogP contribution is -2.24. The molecule has 1 heterocycles. The number of nitrogens with zero attached hydrogens (tertiary/aromatic N) is 1. The number of halogens is 2. The molecule has 25 heavy (non-hydrogen) atoms. The predicted molar refractivity (Wildman–Crippen MR) is 102 cm³/mol. The van der Waals surface area contributed by atoms with Crippen molar-refractivity contribution < 1.29 is 9.90 Å². The number of rotatable bonds is 6. The summed E-state index contributed by atoms with van der Waals surface area (Å²) in [5, 5.41) is 21.5. The maximum atomic E-state index is 12.0. The van der Waals surface area contributed by atoms with E-state index in [1.165, 1.54) is 6.07 Å². The van der Waals surface area contributed by atoms with Gasteiger partial charge in [-0.3, -0.25) is 9.89 Å². The lowest BCUT2D eigenvalue weighted by atomic mass is 10.1. The number of benzene rings is 2. The van der Waals surface area contributed by atoms with Gasteiger partial charge >= 0.3 is 0 Å². The maximum absolute atomic E-state index is 12.0. The van der Waals surface area contributed by atoms with E-state index in [4.69, 9.17) is 11.6 Å².